The molecule has 0 spiro atoms. The van der Waals surface area contributed by atoms with Crippen molar-refractivity contribution in [2.24, 2.45) is 0 Å². The zero-order valence-electron chi connectivity index (χ0n) is 21.4. The van der Waals surface area contributed by atoms with E-state index in [1.54, 1.807) is 39.8 Å². The van der Waals surface area contributed by atoms with Crippen molar-refractivity contribution in [1.29, 1.82) is 0 Å². The van der Waals surface area contributed by atoms with E-state index < -0.39 is 41.6 Å². The number of benzene rings is 1. The van der Waals surface area contributed by atoms with Gasteiger partial charge in [-0.1, -0.05) is 44.5 Å². The Morgan fingerprint density at radius 2 is 1.68 bits per heavy atom. The molecular weight excluding hydrogens is 438 g/mol. The molecule has 0 radical (unpaired) electrons. The summed E-state index contributed by atoms with van der Waals surface area (Å²) in [5.74, 6) is -1.54. The Hall–Kier alpha value is -3.10. The highest BCUT2D eigenvalue weighted by Crippen LogP contribution is 2.24. The third-order valence-corrected chi connectivity index (χ3v) is 5.04. The van der Waals surface area contributed by atoms with Crippen LogP contribution in [-0.2, 0) is 30.3 Å². The number of esters is 1. The summed E-state index contributed by atoms with van der Waals surface area (Å²) in [5, 5.41) is 5.12. The van der Waals surface area contributed by atoms with Crippen LogP contribution in [0, 0.1) is 0 Å². The molecule has 34 heavy (non-hydrogen) atoms. The zero-order chi connectivity index (χ0) is 25.9. The molecule has 1 aromatic carbocycles. The molecule has 9 nitrogen and oxygen atoms in total. The van der Waals surface area contributed by atoms with Gasteiger partial charge in [0.2, 0.25) is 11.8 Å². The smallest absolute Gasteiger partial charge is 0.408 e. The standard InChI is InChI=1S/C25H39N3O6/c1-8-10-15-28(23(31)17(3)27-24(32)34-25(4,5)6)21(22(30)26-16-20(29)33-7)19-13-11-18(9-2)12-14-19/h11-14,17,21H,8-10,15-16H2,1-7H3,(H,26,30)(H,27,32). The molecular formula is C25H39N3O6. The molecule has 190 valence electrons. The van der Waals surface area contributed by atoms with Crippen LogP contribution in [0.25, 0.3) is 0 Å². The molecule has 9 heteroatoms. The minimum Gasteiger partial charge on any atom is -0.468 e. The average Bonchev–Trinajstić information content (AvgIpc) is 2.78. The molecule has 0 heterocycles. The molecule has 0 bridgehead atoms. The molecule has 0 fully saturated rings. The molecule has 0 aliphatic rings. The molecule has 1 aromatic rings. The second-order valence-corrected chi connectivity index (χ2v) is 9.04. The van der Waals surface area contributed by atoms with Crippen molar-refractivity contribution in [1.82, 2.24) is 15.5 Å². The van der Waals surface area contributed by atoms with Crippen molar-refractivity contribution < 1.29 is 28.7 Å². The molecule has 2 atom stereocenters. The van der Waals surface area contributed by atoms with E-state index in [0.29, 0.717) is 18.5 Å². The van der Waals surface area contributed by atoms with Crippen LogP contribution in [0.1, 0.15) is 71.6 Å². The molecule has 3 amide bonds. The van der Waals surface area contributed by atoms with Crippen molar-refractivity contribution in [3.8, 4) is 0 Å². The van der Waals surface area contributed by atoms with Gasteiger partial charge < -0.3 is 25.0 Å². The summed E-state index contributed by atoms with van der Waals surface area (Å²) in [4.78, 5) is 52.0. The Morgan fingerprint density at radius 1 is 1.06 bits per heavy atom. The summed E-state index contributed by atoms with van der Waals surface area (Å²) >= 11 is 0. The fourth-order valence-corrected chi connectivity index (χ4v) is 3.23. The van der Waals surface area contributed by atoms with E-state index in [1.165, 1.54) is 12.0 Å². The predicted molar refractivity (Wildman–Crippen MR) is 129 cm³/mol. The van der Waals surface area contributed by atoms with Crippen LogP contribution >= 0.6 is 0 Å². The van der Waals surface area contributed by atoms with Crippen molar-refractivity contribution >= 4 is 23.9 Å². The van der Waals surface area contributed by atoms with Crippen LogP contribution in [0.4, 0.5) is 4.79 Å². The van der Waals surface area contributed by atoms with Crippen molar-refractivity contribution in [3.63, 3.8) is 0 Å². The molecule has 0 aliphatic carbocycles. The van der Waals surface area contributed by atoms with Crippen molar-refractivity contribution in [2.45, 2.75) is 78.5 Å². The first-order chi connectivity index (χ1) is 15.9. The van der Waals surface area contributed by atoms with Crippen LogP contribution in [0.5, 0.6) is 0 Å². The van der Waals surface area contributed by atoms with Crippen LogP contribution < -0.4 is 10.6 Å². The van der Waals surface area contributed by atoms with Gasteiger partial charge in [-0.3, -0.25) is 14.4 Å². The Kier molecular flexibility index (Phi) is 11.5. The van der Waals surface area contributed by atoms with Gasteiger partial charge in [-0.05, 0) is 51.7 Å². The number of hydrogen-bond donors (Lipinski definition) is 2. The molecule has 2 N–H and O–H groups in total. The summed E-state index contributed by atoms with van der Waals surface area (Å²) in [6.07, 6.45) is 1.55. The van der Waals surface area contributed by atoms with E-state index >= 15 is 0 Å². The minimum absolute atomic E-state index is 0.293. The number of unbranched alkanes of at least 4 members (excludes halogenated alkanes) is 1. The fraction of sp³-hybridized carbons (Fsp3) is 0.600. The van der Waals surface area contributed by atoms with Gasteiger partial charge in [0.15, 0.2) is 0 Å². The van der Waals surface area contributed by atoms with Gasteiger partial charge in [-0.15, -0.1) is 0 Å². The van der Waals surface area contributed by atoms with E-state index in [9.17, 15) is 19.2 Å². The number of methoxy groups -OCH3 is 1. The van der Waals surface area contributed by atoms with Gasteiger partial charge in [-0.2, -0.15) is 0 Å². The van der Waals surface area contributed by atoms with Gasteiger partial charge in [0.25, 0.3) is 0 Å². The lowest BCUT2D eigenvalue weighted by atomic mass is 10.0. The first kappa shape index (κ1) is 28.9. The second-order valence-electron chi connectivity index (χ2n) is 9.04. The maximum Gasteiger partial charge on any atom is 0.408 e. The van der Waals surface area contributed by atoms with Gasteiger partial charge in [0.05, 0.1) is 7.11 Å². The number of ether oxygens (including phenoxy) is 2. The highest BCUT2D eigenvalue weighted by Gasteiger charge is 2.34. The number of alkyl carbamates (subject to hydrolysis) is 1. The quantitative estimate of drug-likeness (QED) is 0.474. The molecule has 0 saturated carbocycles. The van der Waals surface area contributed by atoms with E-state index in [-0.39, 0.29) is 6.54 Å². The number of rotatable bonds is 11. The lowest BCUT2D eigenvalue weighted by molar-refractivity contribution is -0.144. The van der Waals surface area contributed by atoms with Crippen LogP contribution in [-0.4, -0.2) is 60.6 Å². The highest BCUT2D eigenvalue weighted by molar-refractivity contribution is 5.93. The lowest BCUT2D eigenvalue weighted by Gasteiger charge is -2.33. The van der Waals surface area contributed by atoms with Gasteiger partial charge in [-0.25, -0.2) is 4.79 Å². The van der Waals surface area contributed by atoms with Crippen molar-refractivity contribution in [3.05, 3.63) is 35.4 Å². The largest absolute Gasteiger partial charge is 0.468 e. The topological polar surface area (TPSA) is 114 Å². The number of aryl methyl sites for hydroxylation is 1. The molecule has 0 aliphatic heterocycles. The molecule has 0 aromatic heterocycles. The number of amides is 3. The zero-order valence-corrected chi connectivity index (χ0v) is 21.4. The van der Waals surface area contributed by atoms with Gasteiger partial charge in [0.1, 0.15) is 24.2 Å². The Balaban J connectivity index is 3.28. The summed E-state index contributed by atoms with van der Waals surface area (Å²) in [5.41, 5.74) is 0.976. The van der Waals surface area contributed by atoms with Crippen molar-refractivity contribution in [2.75, 3.05) is 20.2 Å². The maximum absolute atomic E-state index is 13.5. The van der Waals surface area contributed by atoms with Crippen LogP contribution in [0.2, 0.25) is 0 Å². The summed E-state index contributed by atoms with van der Waals surface area (Å²) in [7, 11) is 1.23. The minimum atomic E-state index is -0.988. The number of nitrogens with one attached hydrogen (secondary N) is 2. The SMILES string of the molecule is CCCCN(C(=O)C(C)NC(=O)OC(C)(C)C)C(C(=O)NCC(=O)OC)c1ccc(CC)cc1. The van der Waals surface area contributed by atoms with Gasteiger partial charge in [0, 0.05) is 6.54 Å². The molecule has 1 rings (SSSR count). The summed E-state index contributed by atoms with van der Waals surface area (Å²) in [6, 6.07) is 5.50. The lowest BCUT2D eigenvalue weighted by Crippen LogP contribution is -2.52. The Morgan fingerprint density at radius 3 is 2.18 bits per heavy atom. The number of nitrogens with zero attached hydrogens (tertiary/aromatic N) is 1. The Labute approximate surface area is 202 Å². The first-order valence-corrected chi connectivity index (χ1v) is 11.7. The van der Waals surface area contributed by atoms with Crippen LogP contribution in [0.15, 0.2) is 24.3 Å². The monoisotopic (exact) mass is 477 g/mol. The summed E-state index contributed by atoms with van der Waals surface area (Å²) in [6.45, 7) is 10.7. The number of hydrogen-bond acceptors (Lipinski definition) is 6. The maximum atomic E-state index is 13.5. The van der Waals surface area contributed by atoms with Gasteiger partial charge >= 0.3 is 12.1 Å². The summed E-state index contributed by atoms with van der Waals surface area (Å²) < 4.78 is 9.88. The van der Waals surface area contributed by atoms with E-state index in [0.717, 1.165) is 18.4 Å². The third kappa shape index (κ3) is 9.41. The number of carbonyl (C=O) groups is 4. The predicted octanol–water partition coefficient (Wildman–Crippen LogP) is 3.12. The molecule has 0 saturated heterocycles. The average molecular weight is 478 g/mol. The van der Waals surface area contributed by atoms with E-state index in [2.05, 4.69) is 15.4 Å². The second kappa shape index (κ2) is 13.6. The first-order valence-electron chi connectivity index (χ1n) is 11.7. The normalized spacial score (nSPS) is 12.8. The highest BCUT2D eigenvalue weighted by atomic mass is 16.6. The number of carbonyl (C=O) groups excluding carboxylic acids is 4. The van der Waals surface area contributed by atoms with Crippen LogP contribution in [0.3, 0.4) is 0 Å². The Bertz CT molecular complexity index is 832. The fourth-order valence-electron chi connectivity index (χ4n) is 3.23. The molecule has 2 unspecified atom stereocenters. The van der Waals surface area contributed by atoms with E-state index in [4.69, 9.17) is 4.74 Å². The third-order valence-electron chi connectivity index (χ3n) is 5.04. The van der Waals surface area contributed by atoms with E-state index in [1.807, 2.05) is 26.0 Å².